The van der Waals surface area contributed by atoms with E-state index in [1.54, 1.807) is 0 Å². The summed E-state index contributed by atoms with van der Waals surface area (Å²) in [5, 5.41) is 18.6. The topological polar surface area (TPSA) is 96.9 Å². The van der Waals surface area contributed by atoms with E-state index in [0.717, 1.165) is 56.4 Å². The molecule has 6 heteroatoms. The van der Waals surface area contributed by atoms with Gasteiger partial charge in [-0.15, -0.1) is 10.2 Å². The Labute approximate surface area is 226 Å². The molecule has 0 N–H and O–H groups in total. The van der Waals surface area contributed by atoms with E-state index in [1.807, 2.05) is 26.0 Å². The van der Waals surface area contributed by atoms with Gasteiger partial charge in [0, 0.05) is 24.2 Å². The molecule has 202 valence electrons. The zero-order chi connectivity index (χ0) is 27.5. The Balaban J connectivity index is 1.53. The van der Waals surface area contributed by atoms with Crippen molar-refractivity contribution in [2.75, 3.05) is 0 Å². The molecule has 0 radical (unpaired) electrons. The van der Waals surface area contributed by atoms with E-state index in [2.05, 4.69) is 50.9 Å². The van der Waals surface area contributed by atoms with Gasteiger partial charge in [-0.25, -0.2) is 0 Å². The van der Waals surface area contributed by atoms with Crippen molar-refractivity contribution in [2.24, 2.45) is 45.3 Å². The summed E-state index contributed by atoms with van der Waals surface area (Å²) < 4.78 is 6.14. The highest BCUT2D eigenvalue weighted by Gasteiger charge is 2.70. The Morgan fingerprint density at radius 3 is 2.37 bits per heavy atom. The van der Waals surface area contributed by atoms with Crippen LogP contribution in [0.5, 0.6) is 0 Å². The maximum absolute atomic E-state index is 14.5. The van der Waals surface area contributed by atoms with Crippen molar-refractivity contribution < 1.29 is 14.0 Å². The Kier molecular flexibility index (Phi) is 5.26. The van der Waals surface area contributed by atoms with Crippen molar-refractivity contribution in [1.29, 1.82) is 5.26 Å². The van der Waals surface area contributed by atoms with Crippen LogP contribution in [-0.4, -0.2) is 21.8 Å². The first-order valence-electron chi connectivity index (χ1n) is 14.5. The number of aryl methyl sites for hydroxylation is 1. The van der Waals surface area contributed by atoms with E-state index in [9.17, 15) is 14.9 Å². The highest BCUT2D eigenvalue weighted by Crippen LogP contribution is 2.73. The maximum atomic E-state index is 14.5. The SMILES string of the molecule is Cc1nnc([C@]23CCC(C)(C)C[C@@H]2C2C(=O)C=C4[C@@]5(C)C=C(C#N)C(=O)[C@@H](C)[C@@H]5CC[C@@]4(C)[C@]2(C)CC3)o1. The average Bonchev–Trinajstić information content (AvgIpc) is 3.29. The molecule has 5 aliphatic rings. The molecule has 1 aromatic heterocycles. The Morgan fingerprint density at radius 1 is 1.00 bits per heavy atom. The second kappa shape index (κ2) is 7.77. The molecule has 1 heterocycles. The van der Waals surface area contributed by atoms with E-state index in [0.29, 0.717) is 5.89 Å². The molecule has 6 nitrogen and oxygen atoms in total. The molecule has 0 bridgehead atoms. The first-order chi connectivity index (χ1) is 17.7. The van der Waals surface area contributed by atoms with Crippen molar-refractivity contribution in [2.45, 2.75) is 98.8 Å². The van der Waals surface area contributed by atoms with Gasteiger partial charge in [0.05, 0.1) is 11.0 Å². The lowest BCUT2D eigenvalue weighted by atomic mass is 9.35. The van der Waals surface area contributed by atoms with E-state index in [1.165, 1.54) is 0 Å². The van der Waals surface area contributed by atoms with Gasteiger partial charge < -0.3 is 4.42 Å². The molecule has 1 unspecified atom stereocenters. The molecule has 8 atom stereocenters. The lowest BCUT2D eigenvalue weighted by Gasteiger charge is -2.68. The number of aromatic nitrogens is 2. The fourth-order valence-corrected chi connectivity index (χ4v) is 10.1. The number of Topliss-reactive ketones (excluding diaryl/α,β-unsaturated/α-hetero) is 1. The molecular weight excluding hydrogens is 474 g/mol. The second-order valence-electron chi connectivity index (χ2n) is 14.7. The standard InChI is InChI=1S/C32H41N3O3/c1-18-21-8-9-30(6)24(29(21,5)15-20(17-33)26(18)37)14-23(36)25-22-16-28(3,4)10-12-32(22,13-11-31(25,30)7)27-35-34-19(2)38-27/h14-15,18,21-22,25H,8-13,16H2,1-7H3/t18-,21-,22+,25?,29-,30+,31+,32-/m0/s1. The largest absolute Gasteiger partial charge is 0.425 e. The molecule has 0 aromatic carbocycles. The smallest absolute Gasteiger partial charge is 0.222 e. The van der Waals surface area contributed by atoms with E-state index in [4.69, 9.17) is 4.42 Å². The lowest BCUT2D eigenvalue weighted by molar-refractivity contribution is -0.159. The normalized spacial score (nSPS) is 45.5. The predicted octanol–water partition coefficient (Wildman–Crippen LogP) is 6.46. The van der Waals surface area contributed by atoms with Crippen LogP contribution in [0.15, 0.2) is 27.7 Å². The predicted molar refractivity (Wildman–Crippen MR) is 143 cm³/mol. The minimum atomic E-state index is -0.473. The number of allylic oxidation sites excluding steroid dienone is 4. The van der Waals surface area contributed by atoms with Crippen LogP contribution in [0.25, 0.3) is 0 Å². The first kappa shape index (κ1) is 25.7. The van der Waals surface area contributed by atoms with Gasteiger partial charge in [-0.2, -0.15) is 5.26 Å². The second-order valence-corrected chi connectivity index (χ2v) is 14.7. The molecule has 3 saturated carbocycles. The van der Waals surface area contributed by atoms with E-state index < -0.39 is 5.41 Å². The van der Waals surface area contributed by atoms with Gasteiger partial charge in [0.15, 0.2) is 11.6 Å². The summed E-state index contributed by atoms with van der Waals surface area (Å²) >= 11 is 0. The van der Waals surface area contributed by atoms with Crippen molar-refractivity contribution >= 4 is 11.6 Å². The summed E-state index contributed by atoms with van der Waals surface area (Å²) in [6.45, 7) is 15.4. The van der Waals surface area contributed by atoms with Gasteiger partial charge in [0.1, 0.15) is 6.07 Å². The third-order valence-electron chi connectivity index (χ3n) is 12.5. The molecule has 0 amide bonds. The molecule has 1 aromatic rings. The Hall–Kier alpha value is -2.55. The van der Waals surface area contributed by atoms with E-state index >= 15 is 0 Å². The van der Waals surface area contributed by atoms with Gasteiger partial charge in [-0.05, 0) is 79.1 Å². The van der Waals surface area contributed by atoms with Crippen LogP contribution in [0.4, 0.5) is 0 Å². The highest BCUT2D eigenvalue weighted by molar-refractivity contribution is 6.02. The van der Waals surface area contributed by atoms with Crippen molar-refractivity contribution in [3.8, 4) is 6.07 Å². The fourth-order valence-electron chi connectivity index (χ4n) is 10.1. The van der Waals surface area contributed by atoms with E-state index in [-0.39, 0.29) is 62.5 Å². The Bertz CT molecular complexity index is 1350. The van der Waals surface area contributed by atoms with Crippen LogP contribution < -0.4 is 0 Å². The molecule has 0 spiro atoms. The zero-order valence-electron chi connectivity index (χ0n) is 24.0. The number of ketones is 2. The third-order valence-corrected chi connectivity index (χ3v) is 12.5. The van der Waals surface area contributed by atoms with Gasteiger partial charge in [0.25, 0.3) is 0 Å². The highest BCUT2D eigenvalue weighted by atomic mass is 16.4. The van der Waals surface area contributed by atoms with Gasteiger partial charge in [-0.1, -0.05) is 53.2 Å². The molecule has 3 fully saturated rings. The molecule has 38 heavy (non-hydrogen) atoms. The molecule has 5 aliphatic carbocycles. The molecular formula is C32H41N3O3. The van der Waals surface area contributed by atoms with Crippen LogP contribution in [0, 0.1) is 63.6 Å². The quantitative estimate of drug-likeness (QED) is 0.426. The van der Waals surface area contributed by atoms with Crippen molar-refractivity contribution in [1.82, 2.24) is 10.2 Å². The number of hydrogen-bond donors (Lipinski definition) is 0. The first-order valence-corrected chi connectivity index (χ1v) is 14.5. The van der Waals surface area contributed by atoms with Crippen LogP contribution in [-0.2, 0) is 15.0 Å². The minimum absolute atomic E-state index is 0.0489. The fraction of sp³-hybridized carbons (Fsp3) is 0.719. The third kappa shape index (κ3) is 3.05. The average molecular weight is 516 g/mol. The number of nitriles is 1. The summed E-state index contributed by atoms with van der Waals surface area (Å²) in [6, 6.07) is 2.17. The van der Waals surface area contributed by atoms with Crippen LogP contribution in [0.2, 0.25) is 0 Å². The molecule has 0 saturated heterocycles. The van der Waals surface area contributed by atoms with Gasteiger partial charge >= 0.3 is 0 Å². The molecule has 0 aliphatic heterocycles. The number of carbonyl (C=O) groups excluding carboxylic acids is 2. The van der Waals surface area contributed by atoms with Crippen molar-refractivity contribution in [3.63, 3.8) is 0 Å². The van der Waals surface area contributed by atoms with Crippen molar-refractivity contribution in [3.05, 3.63) is 35.1 Å². The number of carbonyl (C=O) groups is 2. The van der Waals surface area contributed by atoms with Gasteiger partial charge in [0.2, 0.25) is 11.8 Å². The Morgan fingerprint density at radius 2 is 1.71 bits per heavy atom. The number of nitrogens with zero attached hydrogens (tertiary/aromatic N) is 3. The minimum Gasteiger partial charge on any atom is -0.425 e. The summed E-state index contributed by atoms with van der Waals surface area (Å²) in [5.41, 5.74) is 0.368. The summed E-state index contributed by atoms with van der Waals surface area (Å²) in [5.74, 6) is 1.37. The number of fused-ring (bicyclic) bond motifs is 7. The number of hydrogen-bond acceptors (Lipinski definition) is 6. The summed E-state index contributed by atoms with van der Waals surface area (Å²) in [6.07, 6.45) is 10.6. The van der Waals surface area contributed by atoms with Gasteiger partial charge in [-0.3, -0.25) is 9.59 Å². The zero-order valence-corrected chi connectivity index (χ0v) is 24.0. The monoisotopic (exact) mass is 515 g/mol. The molecule has 6 rings (SSSR count). The maximum Gasteiger partial charge on any atom is 0.222 e. The van der Waals surface area contributed by atoms with Crippen LogP contribution >= 0.6 is 0 Å². The summed E-state index contributed by atoms with van der Waals surface area (Å²) in [4.78, 5) is 27.4. The summed E-state index contributed by atoms with van der Waals surface area (Å²) in [7, 11) is 0. The lowest BCUT2D eigenvalue weighted by Crippen LogP contribution is -2.65. The number of rotatable bonds is 1. The van der Waals surface area contributed by atoms with Crippen LogP contribution in [0.3, 0.4) is 0 Å². The van der Waals surface area contributed by atoms with Crippen LogP contribution in [0.1, 0.15) is 98.3 Å².